The van der Waals surface area contributed by atoms with E-state index in [9.17, 15) is 14.4 Å². The molecule has 0 aromatic heterocycles. The Morgan fingerprint density at radius 1 is 1.00 bits per heavy atom. The zero-order chi connectivity index (χ0) is 20.6. The van der Waals surface area contributed by atoms with Crippen LogP contribution >= 0.6 is 0 Å². The van der Waals surface area contributed by atoms with E-state index in [0.29, 0.717) is 42.6 Å². The number of carbonyl (C=O) groups excluding carboxylic acids is 3. The molecule has 148 valence electrons. The monoisotopic (exact) mass is 389 g/mol. The van der Waals surface area contributed by atoms with E-state index in [0.717, 1.165) is 16.7 Å². The number of Topliss-reactive ketones (excluding diaryl/α,β-unsaturated/α-hetero) is 1. The number of esters is 1. The molecule has 1 aliphatic heterocycles. The van der Waals surface area contributed by atoms with Crippen LogP contribution in [-0.2, 0) is 14.3 Å². The number of hydrogen-bond donors (Lipinski definition) is 1. The van der Waals surface area contributed by atoms with Gasteiger partial charge in [-0.15, -0.1) is 0 Å². The van der Waals surface area contributed by atoms with Gasteiger partial charge in [-0.1, -0.05) is 42.0 Å². The molecule has 5 heteroatoms. The maximum absolute atomic E-state index is 13.1. The van der Waals surface area contributed by atoms with Crippen LogP contribution in [0.4, 0.5) is 0 Å². The molecular formula is C24H23NO4. The molecule has 0 radical (unpaired) electrons. The summed E-state index contributed by atoms with van der Waals surface area (Å²) in [6.07, 6.45) is 1.58. The van der Waals surface area contributed by atoms with Crippen LogP contribution in [0, 0.1) is 13.8 Å². The molecule has 1 fully saturated rings. The summed E-state index contributed by atoms with van der Waals surface area (Å²) in [5, 5.41) is 3.05. The number of hydrogen-bond acceptors (Lipinski definition) is 4. The Morgan fingerprint density at radius 2 is 1.69 bits per heavy atom. The lowest BCUT2D eigenvalue weighted by Gasteiger charge is -2.34. The van der Waals surface area contributed by atoms with Gasteiger partial charge in [-0.2, -0.15) is 0 Å². The quantitative estimate of drug-likeness (QED) is 0.809. The van der Waals surface area contributed by atoms with Gasteiger partial charge in [-0.05, 0) is 49.9 Å². The first kappa shape index (κ1) is 19.1. The van der Waals surface area contributed by atoms with E-state index in [1.807, 2.05) is 38.1 Å². The Hall–Kier alpha value is -3.21. The fourth-order valence-corrected chi connectivity index (χ4v) is 4.11. The summed E-state index contributed by atoms with van der Waals surface area (Å²) in [6, 6.07) is 14.6. The van der Waals surface area contributed by atoms with Gasteiger partial charge in [0.15, 0.2) is 0 Å². The average Bonchev–Trinajstić information content (AvgIpc) is 2.98. The molecule has 5 nitrogen and oxygen atoms in total. The second-order valence-corrected chi connectivity index (χ2v) is 7.85. The number of ether oxygens (including phenoxy) is 1. The van der Waals surface area contributed by atoms with Crippen LogP contribution < -0.4 is 5.32 Å². The van der Waals surface area contributed by atoms with Crippen LogP contribution in [0.3, 0.4) is 0 Å². The topological polar surface area (TPSA) is 72.5 Å². The zero-order valence-electron chi connectivity index (χ0n) is 16.6. The molecule has 2 aromatic carbocycles. The Kier molecular flexibility index (Phi) is 4.82. The summed E-state index contributed by atoms with van der Waals surface area (Å²) in [5.41, 5.74) is 2.69. The molecule has 0 bridgehead atoms. The number of amides is 1. The van der Waals surface area contributed by atoms with Crippen molar-refractivity contribution in [3.8, 4) is 0 Å². The Labute approximate surface area is 169 Å². The summed E-state index contributed by atoms with van der Waals surface area (Å²) < 4.78 is 5.90. The van der Waals surface area contributed by atoms with Gasteiger partial charge in [0.1, 0.15) is 17.1 Å². The fourth-order valence-electron chi connectivity index (χ4n) is 4.11. The molecular weight excluding hydrogens is 366 g/mol. The summed E-state index contributed by atoms with van der Waals surface area (Å²) in [4.78, 5) is 37.8. The Balaban J connectivity index is 1.84. The van der Waals surface area contributed by atoms with E-state index in [1.54, 1.807) is 24.3 Å². The SMILES string of the molecule is Cc1ccc(C)c(C2=C(OC(=O)c3ccccc3)C3(CCC(=O)CC3)NC2=O)c1. The maximum Gasteiger partial charge on any atom is 0.343 e. The number of benzene rings is 2. The standard InChI is InChI=1S/C24H23NO4/c1-15-8-9-16(2)19(14-15)20-21(29-23(28)17-6-4-3-5-7-17)24(25-22(20)27)12-10-18(26)11-13-24/h3-9,14H,10-13H2,1-2H3,(H,25,27). The number of ketones is 1. The molecule has 1 N–H and O–H groups in total. The number of nitrogens with one attached hydrogen (secondary N) is 1. The third kappa shape index (κ3) is 3.48. The van der Waals surface area contributed by atoms with Crippen molar-refractivity contribution in [1.29, 1.82) is 0 Å². The second kappa shape index (κ2) is 7.32. The largest absolute Gasteiger partial charge is 0.424 e. The minimum absolute atomic E-state index is 0.166. The third-order valence-corrected chi connectivity index (χ3v) is 5.77. The van der Waals surface area contributed by atoms with Gasteiger partial charge in [0.2, 0.25) is 0 Å². The molecule has 0 unspecified atom stereocenters. The smallest absolute Gasteiger partial charge is 0.343 e. The van der Waals surface area contributed by atoms with E-state index in [4.69, 9.17) is 4.74 Å². The summed E-state index contributed by atoms with van der Waals surface area (Å²) in [6.45, 7) is 3.89. The van der Waals surface area contributed by atoms with Crippen molar-refractivity contribution < 1.29 is 19.1 Å². The summed E-state index contributed by atoms with van der Waals surface area (Å²) >= 11 is 0. The first-order valence-electron chi connectivity index (χ1n) is 9.83. The molecule has 0 saturated heterocycles. The molecule has 2 aliphatic rings. The molecule has 1 amide bonds. The van der Waals surface area contributed by atoms with E-state index >= 15 is 0 Å². The van der Waals surface area contributed by atoms with Crippen molar-refractivity contribution in [2.75, 3.05) is 0 Å². The van der Waals surface area contributed by atoms with E-state index < -0.39 is 11.5 Å². The highest BCUT2D eigenvalue weighted by molar-refractivity contribution is 6.24. The maximum atomic E-state index is 13.1. The van der Waals surface area contributed by atoms with Crippen LogP contribution in [0.15, 0.2) is 54.3 Å². The first-order chi connectivity index (χ1) is 13.9. The number of carbonyl (C=O) groups is 3. The molecule has 0 atom stereocenters. The molecule has 1 saturated carbocycles. The van der Waals surface area contributed by atoms with Gasteiger partial charge >= 0.3 is 5.97 Å². The Morgan fingerprint density at radius 3 is 2.38 bits per heavy atom. The second-order valence-electron chi connectivity index (χ2n) is 7.85. The van der Waals surface area contributed by atoms with Crippen molar-refractivity contribution >= 4 is 23.2 Å². The molecule has 4 rings (SSSR count). The van der Waals surface area contributed by atoms with Gasteiger partial charge in [-0.3, -0.25) is 9.59 Å². The minimum atomic E-state index is -0.818. The average molecular weight is 389 g/mol. The van der Waals surface area contributed by atoms with Crippen LogP contribution in [-0.4, -0.2) is 23.2 Å². The molecule has 2 aromatic rings. The molecule has 1 spiro atoms. The lowest BCUT2D eigenvalue weighted by molar-refractivity contribution is -0.123. The fraction of sp³-hybridized carbons (Fsp3) is 0.292. The van der Waals surface area contributed by atoms with Crippen molar-refractivity contribution in [2.45, 2.75) is 45.1 Å². The van der Waals surface area contributed by atoms with Gasteiger partial charge in [0, 0.05) is 12.8 Å². The van der Waals surface area contributed by atoms with Crippen LogP contribution in [0.5, 0.6) is 0 Å². The summed E-state index contributed by atoms with van der Waals surface area (Å²) in [5.74, 6) is -0.253. The highest BCUT2D eigenvalue weighted by Crippen LogP contribution is 2.43. The van der Waals surface area contributed by atoms with Crippen LogP contribution in [0.1, 0.15) is 52.7 Å². The van der Waals surface area contributed by atoms with E-state index in [2.05, 4.69) is 5.32 Å². The predicted molar refractivity (Wildman–Crippen MR) is 109 cm³/mol. The van der Waals surface area contributed by atoms with Gasteiger partial charge in [0.25, 0.3) is 5.91 Å². The normalized spacial score (nSPS) is 18.1. The van der Waals surface area contributed by atoms with E-state index in [-0.39, 0.29) is 11.7 Å². The van der Waals surface area contributed by atoms with Gasteiger partial charge in [-0.25, -0.2) is 4.79 Å². The highest BCUT2D eigenvalue weighted by Gasteiger charge is 2.50. The van der Waals surface area contributed by atoms with Crippen LogP contribution in [0.2, 0.25) is 0 Å². The van der Waals surface area contributed by atoms with Crippen molar-refractivity contribution in [2.24, 2.45) is 0 Å². The van der Waals surface area contributed by atoms with Gasteiger partial charge in [0.05, 0.1) is 11.1 Å². The van der Waals surface area contributed by atoms with Crippen molar-refractivity contribution in [1.82, 2.24) is 5.32 Å². The lowest BCUT2D eigenvalue weighted by Crippen LogP contribution is -2.48. The molecule has 1 aliphatic carbocycles. The van der Waals surface area contributed by atoms with E-state index in [1.165, 1.54) is 0 Å². The summed E-state index contributed by atoms with van der Waals surface area (Å²) in [7, 11) is 0. The lowest BCUT2D eigenvalue weighted by atomic mass is 9.79. The van der Waals surface area contributed by atoms with Crippen molar-refractivity contribution in [3.05, 3.63) is 76.5 Å². The van der Waals surface area contributed by atoms with Gasteiger partial charge < -0.3 is 10.1 Å². The third-order valence-electron chi connectivity index (χ3n) is 5.77. The molecule has 1 heterocycles. The zero-order valence-corrected chi connectivity index (χ0v) is 16.6. The molecule has 29 heavy (non-hydrogen) atoms. The Bertz CT molecular complexity index is 1030. The van der Waals surface area contributed by atoms with Crippen molar-refractivity contribution in [3.63, 3.8) is 0 Å². The first-order valence-corrected chi connectivity index (χ1v) is 9.83. The predicted octanol–water partition coefficient (Wildman–Crippen LogP) is 3.88. The minimum Gasteiger partial charge on any atom is -0.424 e. The van der Waals surface area contributed by atoms with Crippen LogP contribution in [0.25, 0.3) is 5.57 Å². The number of rotatable bonds is 3. The number of aryl methyl sites for hydroxylation is 2. The highest BCUT2D eigenvalue weighted by atomic mass is 16.5.